The Balaban J connectivity index is 1.37. The summed E-state index contributed by atoms with van der Waals surface area (Å²) < 4.78 is 34.1. The molecular weight excluding hydrogens is 577 g/mol. The molecule has 10 heteroatoms. The van der Waals surface area contributed by atoms with Gasteiger partial charge in [-0.25, -0.2) is 19.0 Å². The molecule has 0 saturated carbocycles. The lowest BCUT2D eigenvalue weighted by Gasteiger charge is -2.37. The molecule has 4 aromatic rings. The molecule has 1 aliphatic carbocycles. The number of ether oxygens (including phenoxy) is 3. The first-order valence-corrected chi connectivity index (χ1v) is 15.4. The molecule has 7 rings (SSSR count). The lowest BCUT2D eigenvalue weighted by molar-refractivity contribution is -0.187. The molecule has 4 heterocycles. The number of rotatable bonds is 6. The van der Waals surface area contributed by atoms with Crippen molar-refractivity contribution in [2.24, 2.45) is 0 Å². The van der Waals surface area contributed by atoms with Crippen molar-refractivity contribution in [3.8, 4) is 11.4 Å². The van der Waals surface area contributed by atoms with E-state index in [-0.39, 0.29) is 43.7 Å². The minimum atomic E-state index is -1.44. The van der Waals surface area contributed by atoms with Crippen molar-refractivity contribution < 1.29 is 28.2 Å². The zero-order valence-electron chi connectivity index (χ0n) is 25.7. The van der Waals surface area contributed by atoms with Crippen LogP contribution in [0.4, 0.5) is 9.18 Å². The molecule has 45 heavy (non-hydrogen) atoms. The third-order valence-corrected chi connectivity index (χ3v) is 9.29. The maximum Gasteiger partial charge on any atom is 0.407 e. The number of esters is 1. The van der Waals surface area contributed by atoms with E-state index in [9.17, 15) is 14.4 Å². The van der Waals surface area contributed by atoms with Gasteiger partial charge < -0.3 is 24.1 Å². The van der Waals surface area contributed by atoms with Gasteiger partial charge in [0.1, 0.15) is 19.0 Å². The van der Waals surface area contributed by atoms with Gasteiger partial charge in [0.2, 0.25) is 0 Å². The van der Waals surface area contributed by atoms with Gasteiger partial charge >= 0.3 is 12.1 Å². The van der Waals surface area contributed by atoms with E-state index in [1.165, 1.54) is 6.07 Å². The molecule has 2 aliphatic heterocycles. The fraction of sp³-hybridized carbons (Fsp3) is 0.371. The minimum Gasteiger partial charge on any atom is -0.458 e. The Kier molecular flexibility index (Phi) is 7.00. The molecule has 0 spiro atoms. The van der Waals surface area contributed by atoms with Gasteiger partial charge in [0, 0.05) is 22.6 Å². The average Bonchev–Trinajstić information content (AvgIpc) is 3.39. The summed E-state index contributed by atoms with van der Waals surface area (Å²) in [5.41, 5.74) is 4.46. The topological polar surface area (TPSA) is 109 Å². The van der Waals surface area contributed by atoms with Crippen LogP contribution in [-0.2, 0) is 50.8 Å². The number of benzene rings is 2. The summed E-state index contributed by atoms with van der Waals surface area (Å²) in [5.74, 6) is -0.890. The predicted molar refractivity (Wildman–Crippen MR) is 164 cm³/mol. The second-order valence-corrected chi connectivity index (χ2v) is 12.2. The Morgan fingerprint density at radius 2 is 1.96 bits per heavy atom. The molecule has 0 saturated heterocycles. The SMILES string of the molecule is CC[C@@]1(OC(C)C)C(=O)OCc2c1cc1n(c2=O)Cc2c-1nc1cc(F)c(C)c3c1c2[C@@H](NC(=O)OCc1ccccc1)CC3. The van der Waals surface area contributed by atoms with Crippen LogP contribution in [-0.4, -0.2) is 27.7 Å². The number of aromatic nitrogens is 2. The minimum absolute atomic E-state index is 0.120. The highest BCUT2D eigenvalue weighted by molar-refractivity contribution is 5.93. The number of amides is 1. The molecule has 2 aromatic heterocycles. The van der Waals surface area contributed by atoms with Crippen molar-refractivity contribution in [1.29, 1.82) is 0 Å². The van der Waals surface area contributed by atoms with E-state index >= 15 is 4.39 Å². The van der Waals surface area contributed by atoms with Crippen LogP contribution < -0.4 is 10.9 Å². The number of hydrogen-bond acceptors (Lipinski definition) is 7. The zero-order valence-corrected chi connectivity index (χ0v) is 25.7. The van der Waals surface area contributed by atoms with E-state index in [4.69, 9.17) is 19.2 Å². The second kappa shape index (κ2) is 10.8. The smallest absolute Gasteiger partial charge is 0.407 e. The van der Waals surface area contributed by atoms with Crippen molar-refractivity contribution in [3.05, 3.63) is 97.6 Å². The van der Waals surface area contributed by atoms with Crippen LogP contribution in [0.5, 0.6) is 0 Å². The van der Waals surface area contributed by atoms with Gasteiger partial charge in [-0.15, -0.1) is 0 Å². The first-order chi connectivity index (χ1) is 21.6. The quantitative estimate of drug-likeness (QED) is 0.239. The van der Waals surface area contributed by atoms with Gasteiger partial charge in [0.05, 0.1) is 41.2 Å². The Morgan fingerprint density at radius 3 is 2.69 bits per heavy atom. The number of pyridine rings is 2. The number of aryl methyl sites for hydroxylation is 1. The molecule has 2 aromatic carbocycles. The van der Waals surface area contributed by atoms with E-state index in [0.717, 1.165) is 27.6 Å². The van der Waals surface area contributed by atoms with Crippen LogP contribution in [0.3, 0.4) is 0 Å². The summed E-state index contributed by atoms with van der Waals surface area (Å²) in [7, 11) is 0. The van der Waals surface area contributed by atoms with Crippen LogP contribution in [0.25, 0.3) is 22.3 Å². The van der Waals surface area contributed by atoms with Gasteiger partial charge in [0.15, 0.2) is 5.60 Å². The second-order valence-electron chi connectivity index (χ2n) is 12.2. The summed E-state index contributed by atoms with van der Waals surface area (Å²) in [5, 5.41) is 3.84. The Morgan fingerprint density at radius 1 is 1.18 bits per heavy atom. The van der Waals surface area contributed by atoms with Gasteiger partial charge in [0.25, 0.3) is 5.56 Å². The highest BCUT2D eigenvalue weighted by Gasteiger charge is 2.49. The number of alkyl carbamates (subject to hydrolysis) is 1. The first-order valence-electron chi connectivity index (χ1n) is 15.4. The van der Waals surface area contributed by atoms with Gasteiger partial charge in [-0.05, 0) is 68.4 Å². The third-order valence-electron chi connectivity index (χ3n) is 9.29. The number of carbonyl (C=O) groups is 2. The molecule has 1 amide bonds. The highest BCUT2D eigenvalue weighted by Crippen LogP contribution is 2.46. The van der Waals surface area contributed by atoms with E-state index in [1.54, 1.807) is 11.5 Å². The van der Waals surface area contributed by atoms with Crippen LogP contribution in [0.1, 0.15) is 78.6 Å². The number of carbonyl (C=O) groups excluding carboxylic acids is 2. The normalized spacial score (nSPS) is 19.6. The standard InChI is InChI=1S/C35H34FN3O6/c1-5-35(45-18(2)3)24-13-28-31-22(15-39(28)32(40)23(24)17-43-33(35)41)30-26(38-34(42)44-16-20-9-7-6-8-10-20)12-11-21-19(4)25(36)14-27(37-31)29(21)30/h6-10,13-14,18,26H,5,11-12,15-17H2,1-4H3,(H,38,42)/t26-,35-/m0/s1. The van der Waals surface area contributed by atoms with Crippen molar-refractivity contribution in [2.45, 2.75) is 84.5 Å². The summed E-state index contributed by atoms with van der Waals surface area (Å²) >= 11 is 0. The molecular formula is C35H34FN3O6. The van der Waals surface area contributed by atoms with Crippen LogP contribution >= 0.6 is 0 Å². The monoisotopic (exact) mass is 611 g/mol. The maximum atomic E-state index is 15.2. The van der Waals surface area contributed by atoms with Gasteiger partial charge in [-0.2, -0.15) is 0 Å². The van der Waals surface area contributed by atoms with E-state index < -0.39 is 23.7 Å². The highest BCUT2D eigenvalue weighted by atomic mass is 19.1. The lowest BCUT2D eigenvalue weighted by Crippen LogP contribution is -2.47. The number of cyclic esters (lactones) is 1. The van der Waals surface area contributed by atoms with Crippen molar-refractivity contribution in [3.63, 3.8) is 0 Å². The third kappa shape index (κ3) is 4.53. The number of nitrogens with one attached hydrogen (secondary N) is 1. The number of fused-ring (bicyclic) bond motifs is 5. The average molecular weight is 612 g/mol. The maximum absolute atomic E-state index is 15.2. The summed E-state index contributed by atoms with van der Waals surface area (Å²) in [6.07, 6.45) is 0.463. The molecule has 1 N–H and O–H groups in total. The molecule has 2 atom stereocenters. The Labute approximate surface area is 259 Å². The molecule has 232 valence electrons. The largest absolute Gasteiger partial charge is 0.458 e. The number of hydrogen-bond donors (Lipinski definition) is 1. The van der Waals surface area contributed by atoms with Crippen LogP contribution in [0, 0.1) is 12.7 Å². The molecule has 0 fully saturated rings. The fourth-order valence-electron chi connectivity index (χ4n) is 7.19. The van der Waals surface area contributed by atoms with Crippen LogP contribution in [0.15, 0.2) is 47.3 Å². The predicted octanol–water partition coefficient (Wildman–Crippen LogP) is 5.87. The molecule has 0 unspecified atom stereocenters. The molecule has 9 nitrogen and oxygen atoms in total. The van der Waals surface area contributed by atoms with Gasteiger partial charge in [-0.1, -0.05) is 37.3 Å². The molecule has 0 radical (unpaired) electrons. The number of halogens is 1. The fourth-order valence-corrected chi connectivity index (χ4v) is 7.19. The number of nitrogens with zero attached hydrogens (tertiary/aromatic N) is 2. The van der Waals surface area contributed by atoms with Crippen molar-refractivity contribution in [1.82, 2.24) is 14.9 Å². The van der Waals surface area contributed by atoms with E-state index in [2.05, 4.69) is 5.32 Å². The molecule has 3 aliphatic rings. The lowest BCUT2D eigenvalue weighted by atomic mass is 9.81. The first kappa shape index (κ1) is 29.2. The van der Waals surface area contributed by atoms with Crippen LogP contribution in [0.2, 0.25) is 0 Å². The molecule has 0 bridgehead atoms. The summed E-state index contributed by atoms with van der Waals surface area (Å²) in [4.78, 5) is 45.3. The Hall–Kier alpha value is -4.57. The summed E-state index contributed by atoms with van der Waals surface area (Å²) in [6.45, 7) is 7.42. The van der Waals surface area contributed by atoms with Crippen molar-refractivity contribution >= 4 is 23.0 Å². The zero-order chi connectivity index (χ0) is 31.6. The Bertz CT molecular complexity index is 1950. The summed E-state index contributed by atoms with van der Waals surface area (Å²) in [6, 6.07) is 12.2. The van der Waals surface area contributed by atoms with Gasteiger partial charge in [-0.3, -0.25) is 4.79 Å². The van der Waals surface area contributed by atoms with Crippen molar-refractivity contribution in [2.75, 3.05) is 0 Å². The van der Waals surface area contributed by atoms with E-state index in [1.807, 2.05) is 57.2 Å². The van der Waals surface area contributed by atoms with E-state index in [0.29, 0.717) is 46.4 Å².